The SMILES string of the molecule is CCc1cccc(CC)c1NC(=O)COC(=O)COc1ccccc1F. The van der Waals surface area contributed by atoms with E-state index in [2.05, 4.69) is 5.32 Å². The second-order valence-corrected chi connectivity index (χ2v) is 5.59. The second-order valence-electron chi connectivity index (χ2n) is 5.59. The van der Waals surface area contributed by atoms with Gasteiger partial charge in [0.15, 0.2) is 24.8 Å². The number of benzene rings is 2. The maximum absolute atomic E-state index is 13.4. The minimum atomic E-state index is -0.747. The first-order chi connectivity index (χ1) is 12.5. The number of para-hydroxylation sites is 2. The van der Waals surface area contributed by atoms with E-state index < -0.39 is 30.9 Å². The van der Waals surface area contributed by atoms with Crippen LogP contribution in [0.15, 0.2) is 42.5 Å². The van der Waals surface area contributed by atoms with Gasteiger partial charge in [-0.1, -0.05) is 44.2 Å². The fourth-order valence-electron chi connectivity index (χ4n) is 2.46. The largest absolute Gasteiger partial charge is 0.479 e. The van der Waals surface area contributed by atoms with Gasteiger partial charge in [0.1, 0.15) is 0 Å². The molecule has 0 aliphatic rings. The lowest BCUT2D eigenvalue weighted by molar-refractivity contribution is -0.149. The van der Waals surface area contributed by atoms with Crippen LogP contribution in [-0.4, -0.2) is 25.1 Å². The highest BCUT2D eigenvalue weighted by Gasteiger charge is 2.13. The van der Waals surface area contributed by atoms with E-state index in [1.54, 1.807) is 6.07 Å². The minimum absolute atomic E-state index is 0.0432. The molecule has 0 aliphatic heterocycles. The first-order valence-electron chi connectivity index (χ1n) is 8.48. The number of aryl methyl sites for hydroxylation is 2. The summed E-state index contributed by atoms with van der Waals surface area (Å²) in [4.78, 5) is 23.8. The van der Waals surface area contributed by atoms with Crippen molar-refractivity contribution in [2.24, 2.45) is 0 Å². The topological polar surface area (TPSA) is 64.6 Å². The summed E-state index contributed by atoms with van der Waals surface area (Å²) in [6, 6.07) is 11.6. The molecule has 0 radical (unpaired) electrons. The smallest absolute Gasteiger partial charge is 0.344 e. The van der Waals surface area contributed by atoms with Crippen LogP contribution in [0, 0.1) is 5.82 Å². The first kappa shape index (κ1) is 19.4. The predicted octanol–water partition coefficient (Wildman–Crippen LogP) is 3.51. The summed E-state index contributed by atoms with van der Waals surface area (Å²) in [5, 5.41) is 2.80. The molecule has 6 heteroatoms. The number of esters is 1. The van der Waals surface area contributed by atoms with Crippen LogP contribution >= 0.6 is 0 Å². The summed E-state index contributed by atoms with van der Waals surface area (Å²) >= 11 is 0. The van der Waals surface area contributed by atoms with Crippen LogP contribution in [0.1, 0.15) is 25.0 Å². The molecule has 2 rings (SSSR count). The molecule has 1 amide bonds. The Labute approximate surface area is 152 Å². The van der Waals surface area contributed by atoms with Crippen LogP contribution in [0.2, 0.25) is 0 Å². The zero-order valence-corrected chi connectivity index (χ0v) is 14.9. The summed E-state index contributed by atoms with van der Waals surface area (Å²) in [6.45, 7) is 3.11. The van der Waals surface area contributed by atoms with Gasteiger partial charge in [-0.3, -0.25) is 4.79 Å². The van der Waals surface area contributed by atoms with Crippen LogP contribution in [0.25, 0.3) is 0 Å². The Morgan fingerprint density at radius 3 is 2.23 bits per heavy atom. The van der Waals surface area contributed by atoms with Crippen molar-refractivity contribution in [1.29, 1.82) is 0 Å². The maximum Gasteiger partial charge on any atom is 0.344 e. The van der Waals surface area contributed by atoms with Crippen LogP contribution < -0.4 is 10.1 Å². The minimum Gasteiger partial charge on any atom is -0.479 e. The molecule has 0 aromatic heterocycles. The van der Waals surface area contributed by atoms with Crippen molar-refractivity contribution < 1.29 is 23.5 Å². The van der Waals surface area contributed by atoms with Gasteiger partial charge in [0.2, 0.25) is 0 Å². The maximum atomic E-state index is 13.4. The highest BCUT2D eigenvalue weighted by Crippen LogP contribution is 2.22. The molecule has 0 atom stereocenters. The molecule has 0 unspecified atom stereocenters. The van der Waals surface area contributed by atoms with Crippen molar-refractivity contribution in [1.82, 2.24) is 0 Å². The monoisotopic (exact) mass is 359 g/mol. The van der Waals surface area contributed by atoms with Crippen molar-refractivity contribution in [2.45, 2.75) is 26.7 Å². The molecule has 0 heterocycles. The van der Waals surface area contributed by atoms with E-state index in [-0.39, 0.29) is 5.75 Å². The summed E-state index contributed by atoms with van der Waals surface area (Å²) in [6.07, 6.45) is 1.56. The molecule has 0 bridgehead atoms. The quantitative estimate of drug-likeness (QED) is 0.733. The van der Waals surface area contributed by atoms with E-state index in [1.807, 2.05) is 32.0 Å². The zero-order valence-electron chi connectivity index (χ0n) is 14.9. The predicted molar refractivity (Wildman–Crippen MR) is 96.7 cm³/mol. The van der Waals surface area contributed by atoms with Gasteiger partial charge in [-0.25, -0.2) is 9.18 Å². The lowest BCUT2D eigenvalue weighted by atomic mass is 10.0. The number of nitrogens with one attached hydrogen (secondary N) is 1. The molecular weight excluding hydrogens is 337 g/mol. The third-order valence-corrected chi connectivity index (χ3v) is 3.81. The summed E-state index contributed by atoms with van der Waals surface area (Å²) in [7, 11) is 0. The third-order valence-electron chi connectivity index (χ3n) is 3.81. The molecule has 26 heavy (non-hydrogen) atoms. The normalized spacial score (nSPS) is 10.3. The van der Waals surface area contributed by atoms with Crippen LogP contribution in [0.3, 0.4) is 0 Å². The van der Waals surface area contributed by atoms with Gasteiger partial charge in [-0.15, -0.1) is 0 Å². The van der Waals surface area contributed by atoms with Crippen LogP contribution in [0.5, 0.6) is 5.75 Å². The highest BCUT2D eigenvalue weighted by atomic mass is 19.1. The number of rotatable bonds is 8. The molecule has 1 N–H and O–H groups in total. The van der Waals surface area contributed by atoms with Gasteiger partial charge in [0.05, 0.1) is 0 Å². The van der Waals surface area contributed by atoms with Crippen molar-refractivity contribution in [3.05, 3.63) is 59.4 Å². The fraction of sp³-hybridized carbons (Fsp3) is 0.300. The molecule has 0 saturated carbocycles. The standard InChI is InChI=1S/C20H22FNO4/c1-3-14-8-7-9-15(4-2)20(14)22-18(23)12-26-19(24)13-25-17-11-6-5-10-16(17)21/h5-11H,3-4,12-13H2,1-2H3,(H,22,23). The average molecular weight is 359 g/mol. The number of amides is 1. The Hall–Kier alpha value is -2.89. The molecule has 0 spiro atoms. The van der Waals surface area contributed by atoms with E-state index in [1.165, 1.54) is 18.2 Å². The summed E-state index contributed by atoms with van der Waals surface area (Å²) in [5.41, 5.74) is 2.81. The van der Waals surface area contributed by atoms with E-state index >= 15 is 0 Å². The Bertz CT molecular complexity index is 754. The number of carbonyl (C=O) groups excluding carboxylic acids is 2. The number of halogens is 1. The molecule has 0 aliphatic carbocycles. The van der Waals surface area contributed by atoms with Gasteiger partial charge < -0.3 is 14.8 Å². The van der Waals surface area contributed by atoms with Crippen LogP contribution in [-0.2, 0) is 27.2 Å². The number of hydrogen-bond acceptors (Lipinski definition) is 4. The van der Waals surface area contributed by atoms with Gasteiger partial charge in [0.25, 0.3) is 5.91 Å². The number of ether oxygens (including phenoxy) is 2. The first-order valence-corrected chi connectivity index (χ1v) is 8.48. The van der Waals surface area contributed by atoms with E-state index in [0.29, 0.717) is 0 Å². The molecule has 0 fully saturated rings. The Balaban J connectivity index is 1.85. The molecule has 138 valence electrons. The highest BCUT2D eigenvalue weighted by molar-refractivity contribution is 5.94. The molecule has 5 nitrogen and oxygen atoms in total. The Kier molecular flexibility index (Phi) is 7.14. The Morgan fingerprint density at radius 2 is 1.62 bits per heavy atom. The number of hydrogen-bond donors (Lipinski definition) is 1. The zero-order chi connectivity index (χ0) is 18.9. The Morgan fingerprint density at radius 1 is 0.962 bits per heavy atom. The van der Waals surface area contributed by atoms with E-state index in [9.17, 15) is 14.0 Å². The van der Waals surface area contributed by atoms with Gasteiger partial charge in [0, 0.05) is 5.69 Å². The molecule has 2 aromatic carbocycles. The number of anilines is 1. The molecular formula is C20H22FNO4. The number of carbonyl (C=O) groups is 2. The van der Waals surface area contributed by atoms with Crippen molar-refractivity contribution in [3.63, 3.8) is 0 Å². The van der Waals surface area contributed by atoms with Crippen molar-refractivity contribution >= 4 is 17.6 Å². The summed E-state index contributed by atoms with van der Waals surface area (Å²) in [5.74, 6) is -1.79. The molecule has 0 saturated heterocycles. The van der Waals surface area contributed by atoms with E-state index in [0.717, 1.165) is 29.7 Å². The van der Waals surface area contributed by atoms with Gasteiger partial charge in [-0.05, 0) is 36.1 Å². The average Bonchev–Trinajstić information content (AvgIpc) is 2.65. The fourth-order valence-corrected chi connectivity index (χ4v) is 2.46. The summed E-state index contributed by atoms with van der Waals surface area (Å²) < 4.78 is 23.3. The third kappa shape index (κ3) is 5.31. The van der Waals surface area contributed by atoms with Gasteiger partial charge >= 0.3 is 5.97 Å². The molecule has 2 aromatic rings. The second kappa shape index (κ2) is 9.56. The van der Waals surface area contributed by atoms with Crippen LogP contribution in [0.4, 0.5) is 10.1 Å². The lowest BCUT2D eigenvalue weighted by Crippen LogP contribution is -2.24. The van der Waals surface area contributed by atoms with Gasteiger partial charge in [-0.2, -0.15) is 0 Å². The van der Waals surface area contributed by atoms with Crippen molar-refractivity contribution in [3.8, 4) is 5.75 Å². The van der Waals surface area contributed by atoms with Crippen molar-refractivity contribution in [2.75, 3.05) is 18.5 Å². The lowest BCUT2D eigenvalue weighted by Gasteiger charge is -2.14. The van der Waals surface area contributed by atoms with E-state index in [4.69, 9.17) is 9.47 Å².